The van der Waals surface area contributed by atoms with Crippen LogP contribution < -0.4 is 0 Å². The highest BCUT2D eigenvalue weighted by Crippen LogP contribution is 2.46. The van der Waals surface area contributed by atoms with E-state index in [-0.39, 0.29) is 22.6 Å². The maximum atomic E-state index is 12.6. The van der Waals surface area contributed by atoms with Crippen molar-refractivity contribution in [3.05, 3.63) is 0 Å². The Labute approximate surface area is 131 Å². The number of rotatable bonds is 5. The maximum absolute atomic E-state index is 12.6. The Hall–Kier alpha value is -0.710. The fourth-order valence-corrected chi connectivity index (χ4v) is 4.95. The van der Waals surface area contributed by atoms with Crippen LogP contribution in [0.2, 0.25) is 0 Å². The van der Waals surface area contributed by atoms with Gasteiger partial charge in [0.25, 0.3) is 0 Å². The molecule has 3 unspecified atom stereocenters. The molecule has 1 heterocycles. The van der Waals surface area contributed by atoms with E-state index in [0.717, 1.165) is 19.3 Å². The lowest BCUT2D eigenvalue weighted by atomic mass is 9.84. The Morgan fingerprint density at radius 1 is 1.33 bits per heavy atom. The molecule has 0 aromatic carbocycles. The highest BCUT2D eigenvalue weighted by molar-refractivity contribution is 8.00. The summed E-state index contributed by atoms with van der Waals surface area (Å²) in [6.07, 6.45) is 3.70. The number of hydrogen-bond acceptors (Lipinski definition) is 3. The second-order valence-electron chi connectivity index (χ2n) is 7.79. The van der Waals surface area contributed by atoms with Crippen LogP contribution in [0, 0.1) is 17.3 Å². The topological polar surface area (TPSA) is 57.6 Å². The summed E-state index contributed by atoms with van der Waals surface area (Å²) in [6, 6.07) is -0.630. The molecule has 0 radical (unpaired) electrons. The molecular weight excluding hydrogens is 286 g/mol. The van der Waals surface area contributed by atoms with Crippen molar-refractivity contribution >= 4 is 23.6 Å². The van der Waals surface area contributed by atoms with Crippen molar-refractivity contribution in [2.45, 2.75) is 64.8 Å². The number of aliphatic carboxylic acids is 1. The van der Waals surface area contributed by atoms with Crippen LogP contribution in [0.1, 0.15) is 53.4 Å². The Bertz CT molecular complexity index is 414. The van der Waals surface area contributed by atoms with Gasteiger partial charge in [0.2, 0.25) is 5.91 Å². The summed E-state index contributed by atoms with van der Waals surface area (Å²) in [5, 5.41) is 9.46. The number of hydrogen-bond donors (Lipinski definition) is 1. The monoisotopic (exact) mass is 313 g/mol. The third kappa shape index (κ3) is 4.38. The average Bonchev–Trinajstić information content (AvgIpc) is 3.04. The fourth-order valence-electron chi connectivity index (χ4n) is 3.30. The quantitative estimate of drug-likeness (QED) is 0.846. The van der Waals surface area contributed by atoms with Crippen molar-refractivity contribution in [3.8, 4) is 0 Å². The van der Waals surface area contributed by atoms with Crippen molar-refractivity contribution in [2.75, 3.05) is 5.75 Å². The van der Waals surface area contributed by atoms with E-state index in [2.05, 4.69) is 27.7 Å². The zero-order valence-corrected chi connectivity index (χ0v) is 14.3. The first kappa shape index (κ1) is 16.7. The van der Waals surface area contributed by atoms with Gasteiger partial charge in [-0.3, -0.25) is 4.79 Å². The molecule has 2 aliphatic rings. The van der Waals surface area contributed by atoms with Gasteiger partial charge in [-0.2, -0.15) is 0 Å². The van der Waals surface area contributed by atoms with E-state index in [1.54, 1.807) is 16.7 Å². The molecule has 0 spiro atoms. The van der Waals surface area contributed by atoms with Crippen LogP contribution in [-0.2, 0) is 9.59 Å². The molecule has 1 amide bonds. The van der Waals surface area contributed by atoms with E-state index in [9.17, 15) is 14.7 Å². The van der Waals surface area contributed by atoms with E-state index in [1.807, 2.05) is 0 Å². The molecule has 21 heavy (non-hydrogen) atoms. The van der Waals surface area contributed by atoms with Crippen molar-refractivity contribution in [1.82, 2.24) is 4.90 Å². The molecule has 5 heteroatoms. The van der Waals surface area contributed by atoms with Crippen molar-refractivity contribution in [3.63, 3.8) is 0 Å². The first-order valence-corrected chi connectivity index (χ1v) is 8.89. The predicted octanol–water partition coefficient (Wildman–Crippen LogP) is 3.21. The minimum atomic E-state index is -0.859. The van der Waals surface area contributed by atoms with Gasteiger partial charge >= 0.3 is 5.97 Å². The summed E-state index contributed by atoms with van der Waals surface area (Å²) in [7, 11) is 0. The Morgan fingerprint density at radius 3 is 2.43 bits per heavy atom. The molecule has 0 aromatic heterocycles. The summed E-state index contributed by atoms with van der Waals surface area (Å²) < 4.78 is 0. The van der Waals surface area contributed by atoms with Crippen LogP contribution >= 0.6 is 11.8 Å². The number of thioether (sulfide) groups is 1. The Morgan fingerprint density at radius 2 is 1.95 bits per heavy atom. The third-order valence-electron chi connectivity index (χ3n) is 4.12. The molecule has 1 aliphatic carbocycles. The standard InChI is InChI=1S/C16H27NO3S/c1-10(8-16(2,3)4)7-13(18)17-12(15(19)20)9-21-14(17)11-5-6-11/h10-12,14H,5-9H2,1-4H3,(H,19,20). The van der Waals surface area contributed by atoms with Gasteiger partial charge in [-0.25, -0.2) is 4.79 Å². The molecule has 1 saturated heterocycles. The number of nitrogens with zero attached hydrogens (tertiary/aromatic N) is 1. The first-order valence-electron chi connectivity index (χ1n) is 7.84. The highest BCUT2D eigenvalue weighted by atomic mass is 32.2. The van der Waals surface area contributed by atoms with Crippen LogP contribution in [0.3, 0.4) is 0 Å². The summed E-state index contributed by atoms with van der Waals surface area (Å²) in [5.74, 6) is 0.512. The minimum Gasteiger partial charge on any atom is -0.480 e. The van der Waals surface area contributed by atoms with E-state index >= 15 is 0 Å². The van der Waals surface area contributed by atoms with Gasteiger partial charge in [-0.15, -0.1) is 11.8 Å². The normalized spacial score (nSPS) is 27.7. The number of carbonyl (C=O) groups excluding carboxylic acids is 1. The lowest BCUT2D eigenvalue weighted by Crippen LogP contribution is -2.46. The van der Waals surface area contributed by atoms with E-state index in [0.29, 0.717) is 18.1 Å². The summed E-state index contributed by atoms with van der Waals surface area (Å²) in [6.45, 7) is 8.61. The van der Waals surface area contributed by atoms with Gasteiger partial charge in [-0.1, -0.05) is 27.7 Å². The predicted molar refractivity (Wildman–Crippen MR) is 85.1 cm³/mol. The number of carbonyl (C=O) groups is 2. The smallest absolute Gasteiger partial charge is 0.327 e. The van der Waals surface area contributed by atoms with E-state index in [1.165, 1.54) is 0 Å². The van der Waals surface area contributed by atoms with Gasteiger partial charge < -0.3 is 10.0 Å². The molecule has 120 valence electrons. The minimum absolute atomic E-state index is 0.0287. The zero-order chi connectivity index (χ0) is 15.8. The molecule has 1 saturated carbocycles. The molecule has 4 nitrogen and oxygen atoms in total. The Kier molecular flexibility index (Phi) is 4.91. The summed E-state index contributed by atoms with van der Waals surface area (Å²) in [4.78, 5) is 25.7. The summed E-state index contributed by atoms with van der Waals surface area (Å²) in [5.41, 5.74) is 0.196. The van der Waals surface area contributed by atoms with Crippen molar-refractivity contribution < 1.29 is 14.7 Å². The molecule has 1 N–H and O–H groups in total. The van der Waals surface area contributed by atoms with Gasteiger partial charge in [-0.05, 0) is 36.5 Å². The lowest BCUT2D eigenvalue weighted by molar-refractivity contribution is -0.149. The average molecular weight is 313 g/mol. The Balaban J connectivity index is 2.01. The lowest BCUT2D eigenvalue weighted by Gasteiger charge is -2.30. The second-order valence-corrected chi connectivity index (χ2v) is 8.94. The van der Waals surface area contributed by atoms with E-state index in [4.69, 9.17) is 0 Å². The molecule has 2 fully saturated rings. The number of carboxylic acids is 1. The van der Waals surface area contributed by atoms with Gasteiger partial charge in [0.15, 0.2) is 0 Å². The zero-order valence-electron chi connectivity index (χ0n) is 13.5. The van der Waals surface area contributed by atoms with Crippen LogP contribution in [0.15, 0.2) is 0 Å². The molecule has 3 atom stereocenters. The van der Waals surface area contributed by atoms with E-state index < -0.39 is 12.0 Å². The van der Waals surface area contributed by atoms with Gasteiger partial charge in [0, 0.05) is 12.2 Å². The van der Waals surface area contributed by atoms with Crippen molar-refractivity contribution in [2.24, 2.45) is 17.3 Å². The largest absolute Gasteiger partial charge is 0.480 e. The van der Waals surface area contributed by atoms with Gasteiger partial charge in [0.1, 0.15) is 6.04 Å². The van der Waals surface area contributed by atoms with Crippen LogP contribution in [0.5, 0.6) is 0 Å². The highest BCUT2D eigenvalue weighted by Gasteiger charge is 2.47. The van der Waals surface area contributed by atoms with Crippen molar-refractivity contribution in [1.29, 1.82) is 0 Å². The van der Waals surface area contributed by atoms with Crippen LogP contribution in [0.25, 0.3) is 0 Å². The maximum Gasteiger partial charge on any atom is 0.327 e. The fraction of sp³-hybridized carbons (Fsp3) is 0.875. The molecular formula is C16H27NO3S. The third-order valence-corrected chi connectivity index (χ3v) is 5.58. The van der Waals surface area contributed by atoms with Crippen LogP contribution in [0.4, 0.5) is 0 Å². The first-order chi connectivity index (χ1) is 9.69. The molecule has 0 aromatic rings. The molecule has 1 aliphatic heterocycles. The number of carboxylic acid groups (broad SMARTS) is 1. The number of amides is 1. The molecule has 2 rings (SSSR count). The van der Waals surface area contributed by atoms with Gasteiger partial charge in [0.05, 0.1) is 5.37 Å². The molecule has 0 bridgehead atoms. The SMILES string of the molecule is CC(CC(=O)N1C(C(=O)O)CSC1C1CC1)CC(C)(C)C. The second kappa shape index (κ2) is 6.19. The summed E-state index contributed by atoms with van der Waals surface area (Å²) >= 11 is 1.65. The van der Waals surface area contributed by atoms with Crippen LogP contribution in [-0.4, -0.2) is 39.1 Å².